The zero-order valence-electron chi connectivity index (χ0n) is 20.1. The van der Waals surface area contributed by atoms with Crippen molar-refractivity contribution in [3.05, 3.63) is 118 Å². The van der Waals surface area contributed by atoms with Gasteiger partial charge in [0.05, 0.1) is 18.6 Å². The maximum absolute atomic E-state index is 9.58. The van der Waals surface area contributed by atoms with Crippen molar-refractivity contribution in [3.8, 4) is 22.6 Å². The molecule has 4 aromatic carbocycles. The van der Waals surface area contributed by atoms with E-state index >= 15 is 0 Å². The van der Waals surface area contributed by atoms with Crippen LogP contribution in [0.15, 0.2) is 84.9 Å². The molecule has 4 aromatic rings. The van der Waals surface area contributed by atoms with E-state index < -0.39 is 5.41 Å². The smallest absolute Gasteiger partial charge is 0.127 e. The molecule has 0 saturated heterocycles. The van der Waals surface area contributed by atoms with Gasteiger partial charge in [-0.2, -0.15) is 0 Å². The molecule has 0 atom stereocenters. The summed E-state index contributed by atoms with van der Waals surface area (Å²) in [5.41, 5.74) is 7.96. The third-order valence-corrected chi connectivity index (χ3v) is 6.86. The molecule has 2 N–H and O–H groups in total. The van der Waals surface area contributed by atoms with Gasteiger partial charge < -0.3 is 19.7 Å². The summed E-state index contributed by atoms with van der Waals surface area (Å²) in [5.74, 6) is 1.53. The molecule has 0 spiro atoms. The zero-order valence-corrected chi connectivity index (χ0v) is 20.1. The first-order valence-electron chi connectivity index (χ1n) is 12.0. The van der Waals surface area contributed by atoms with Crippen molar-refractivity contribution in [2.75, 3.05) is 26.4 Å². The van der Waals surface area contributed by atoms with E-state index in [2.05, 4.69) is 72.8 Å². The summed E-state index contributed by atoms with van der Waals surface area (Å²) in [6.45, 7) is 4.36. The van der Waals surface area contributed by atoms with Crippen molar-refractivity contribution in [3.63, 3.8) is 0 Å². The van der Waals surface area contributed by atoms with Crippen molar-refractivity contribution in [2.45, 2.75) is 19.3 Å². The lowest BCUT2D eigenvalue weighted by atomic mass is 9.66. The summed E-state index contributed by atoms with van der Waals surface area (Å²) in [4.78, 5) is 0. The van der Waals surface area contributed by atoms with Crippen molar-refractivity contribution in [1.29, 1.82) is 0 Å². The number of ether oxygens (including phenoxy) is 2. The SMILES string of the molecule is Cc1cccc(C2(c3cccc(C)c3OCCO)c3ccccc3-c3ccccc32)c1OCCO. The van der Waals surface area contributed by atoms with E-state index in [1.54, 1.807) is 0 Å². The molecular formula is C31H30O4. The van der Waals surface area contributed by atoms with Crippen LogP contribution in [0.3, 0.4) is 0 Å². The van der Waals surface area contributed by atoms with E-state index in [4.69, 9.17) is 9.47 Å². The first-order chi connectivity index (χ1) is 17.1. The maximum atomic E-state index is 9.58. The fourth-order valence-corrected chi connectivity index (χ4v) is 5.53. The predicted octanol–water partition coefficient (Wildman–Crippen LogP) is 5.41. The van der Waals surface area contributed by atoms with Gasteiger partial charge in [0.2, 0.25) is 0 Å². The van der Waals surface area contributed by atoms with Gasteiger partial charge in [0.25, 0.3) is 0 Å². The van der Waals surface area contributed by atoms with Gasteiger partial charge in [0.1, 0.15) is 24.7 Å². The van der Waals surface area contributed by atoms with Crippen LogP contribution < -0.4 is 9.47 Å². The molecule has 4 heteroatoms. The van der Waals surface area contributed by atoms with Crippen LogP contribution in [0.4, 0.5) is 0 Å². The summed E-state index contributed by atoms with van der Waals surface area (Å²) in [6.07, 6.45) is 0. The Hall–Kier alpha value is -3.60. The van der Waals surface area contributed by atoms with Crippen LogP contribution in [0.5, 0.6) is 11.5 Å². The van der Waals surface area contributed by atoms with Crippen LogP contribution >= 0.6 is 0 Å². The molecule has 0 fully saturated rings. The minimum Gasteiger partial charge on any atom is -0.491 e. The van der Waals surface area contributed by atoms with E-state index in [9.17, 15) is 10.2 Å². The summed E-state index contributed by atoms with van der Waals surface area (Å²) < 4.78 is 12.5. The van der Waals surface area contributed by atoms with Crippen LogP contribution in [0.1, 0.15) is 33.4 Å². The van der Waals surface area contributed by atoms with Crippen molar-refractivity contribution in [1.82, 2.24) is 0 Å². The number of hydrogen-bond donors (Lipinski definition) is 2. The number of aliphatic hydroxyl groups excluding tert-OH is 2. The van der Waals surface area contributed by atoms with Crippen LogP contribution in [-0.2, 0) is 5.41 Å². The molecule has 4 nitrogen and oxygen atoms in total. The Balaban J connectivity index is 1.95. The highest BCUT2D eigenvalue weighted by Crippen LogP contribution is 2.59. The highest BCUT2D eigenvalue weighted by atomic mass is 16.5. The van der Waals surface area contributed by atoms with Crippen molar-refractivity contribution < 1.29 is 19.7 Å². The standard InChI is InChI=1S/C31H30O4/c1-21-9-7-15-27(29(21)34-19-17-32)31(28-16-8-10-22(2)30(28)35-20-18-33)25-13-5-3-11-23(25)24-12-4-6-14-26(24)31/h3-16,32-33H,17-20H2,1-2H3. The third-order valence-electron chi connectivity index (χ3n) is 6.86. The van der Waals surface area contributed by atoms with Gasteiger partial charge in [0, 0.05) is 11.1 Å². The lowest BCUT2D eigenvalue weighted by molar-refractivity contribution is 0.197. The van der Waals surface area contributed by atoms with E-state index in [1.807, 2.05) is 26.0 Å². The zero-order chi connectivity index (χ0) is 24.4. The second-order valence-electron chi connectivity index (χ2n) is 8.89. The predicted molar refractivity (Wildman–Crippen MR) is 138 cm³/mol. The monoisotopic (exact) mass is 466 g/mol. The minimum absolute atomic E-state index is 0.0662. The Morgan fingerprint density at radius 1 is 0.543 bits per heavy atom. The fourth-order valence-electron chi connectivity index (χ4n) is 5.53. The molecular weight excluding hydrogens is 436 g/mol. The summed E-state index contributed by atoms with van der Waals surface area (Å²) in [7, 11) is 0. The van der Waals surface area contributed by atoms with Gasteiger partial charge in [0.15, 0.2) is 0 Å². The third kappa shape index (κ3) is 3.61. The Morgan fingerprint density at radius 3 is 1.37 bits per heavy atom. The van der Waals surface area contributed by atoms with E-state index in [0.717, 1.165) is 44.9 Å². The largest absolute Gasteiger partial charge is 0.491 e. The normalized spacial score (nSPS) is 13.3. The van der Waals surface area contributed by atoms with Gasteiger partial charge in [-0.3, -0.25) is 0 Å². The highest BCUT2D eigenvalue weighted by Gasteiger charge is 2.49. The average Bonchev–Trinajstić information content (AvgIpc) is 3.18. The molecule has 0 heterocycles. The molecule has 0 unspecified atom stereocenters. The Bertz CT molecular complexity index is 1250. The van der Waals surface area contributed by atoms with Gasteiger partial charge in [-0.15, -0.1) is 0 Å². The van der Waals surface area contributed by atoms with Crippen molar-refractivity contribution >= 4 is 0 Å². The molecule has 0 aromatic heterocycles. The molecule has 5 rings (SSSR count). The number of fused-ring (bicyclic) bond motifs is 3. The number of rotatable bonds is 8. The lowest BCUT2D eigenvalue weighted by Crippen LogP contribution is -2.31. The summed E-state index contributed by atoms with van der Waals surface area (Å²) >= 11 is 0. The summed E-state index contributed by atoms with van der Waals surface area (Å²) in [5, 5.41) is 19.2. The molecule has 1 aliphatic rings. The quantitative estimate of drug-likeness (QED) is 0.321. The Kier molecular flexibility index (Phi) is 6.33. The highest BCUT2D eigenvalue weighted by molar-refractivity contribution is 5.87. The number of aliphatic hydroxyl groups is 2. The van der Waals surface area contributed by atoms with Crippen molar-refractivity contribution in [2.24, 2.45) is 0 Å². The Labute approximate surface area is 206 Å². The second-order valence-corrected chi connectivity index (χ2v) is 8.89. The molecule has 0 radical (unpaired) electrons. The topological polar surface area (TPSA) is 58.9 Å². The van der Waals surface area contributed by atoms with Crippen LogP contribution in [-0.4, -0.2) is 36.6 Å². The first kappa shape index (κ1) is 23.2. The van der Waals surface area contributed by atoms with Gasteiger partial charge in [-0.05, 0) is 47.2 Å². The minimum atomic E-state index is -0.708. The molecule has 0 amide bonds. The lowest BCUT2D eigenvalue weighted by Gasteiger charge is -2.37. The number of aryl methyl sites for hydroxylation is 2. The number of benzene rings is 4. The maximum Gasteiger partial charge on any atom is 0.127 e. The van der Waals surface area contributed by atoms with E-state index in [0.29, 0.717) is 0 Å². The fraction of sp³-hybridized carbons (Fsp3) is 0.226. The van der Waals surface area contributed by atoms with Gasteiger partial charge >= 0.3 is 0 Å². The number of hydrogen-bond acceptors (Lipinski definition) is 4. The van der Waals surface area contributed by atoms with Crippen LogP contribution in [0, 0.1) is 13.8 Å². The summed E-state index contributed by atoms with van der Waals surface area (Å²) in [6, 6.07) is 29.5. The molecule has 0 saturated carbocycles. The van der Waals surface area contributed by atoms with Gasteiger partial charge in [-0.1, -0.05) is 84.9 Å². The van der Waals surface area contributed by atoms with E-state index in [1.165, 1.54) is 11.1 Å². The number of para-hydroxylation sites is 2. The van der Waals surface area contributed by atoms with Gasteiger partial charge in [-0.25, -0.2) is 0 Å². The molecule has 1 aliphatic carbocycles. The van der Waals surface area contributed by atoms with E-state index in [-0.39, 0.29) is 26.4 Å². The van der Waals surface area contributed by atoms with Crippen LogP contribution in [0.2, 0.25) is 0 Å². The average molecular weight is 467 g/mol. The van der Waals surface area contributed by atoms with Crippen LogP contribution in [0.25, 0.3) is 11.1 Å². The second kappa shape index (κ2) is 9.57. The Morgan fingerprint density at radius 2 is 0.943 bits per heavy atom. The first-order valence-corrected chi connectivity index (χ1v) is 12.0. The molecule has 35 heavy (non-hydrogen) atoms. The molecule has 0 bridgehead atoms. The molecule has 0 aliphatic heterocycles. The molecule has 178 valence electrons.